The third-order valence-corrected chi connectivity index (χ3v) is 4.22. The zero-order chi connectivity index (χ0) is 12.8. The molecule has 0 aliphatic heterocycles. The molecule has 2 nitrogen and oxygen atoms in total. The average molecular weight is 247 g/mol. The first-order chi connectivity index (χ1) is 8.81. The summed E-state index contributed by atoms with van der Waals surface area (Å²) in [6.45, 7) is 3.39. The molecule has 1 fully saturated rings. The van der Waals surface area contributed by atoms with Gasteiger partial charge in [-0.1, -0.05) is 37.6 Å². The highest BCUT2D eigenvalue weighted by atomic mass is 16.3. The summed E-state index contributed by atoms with van der Waals surface area (Å²) >= 11 is 0. The fourth-order valence-electron chi connectivity index (χ4n) is 2.80. The van der Waals surface area contributed by atoms with E-state index in [1.165, 1.54) is 37.7 Å². The largest absolute Gasteiger partial charge is 0.392 e. The summed E-state index contributed by atoms with van der Waals surface area (Å²) in [5.41, 5.74) is 2.30. The first kappa shape index (κ1) is 13.6. The van der Waals surface area contributed by atoms with Crippen molar-refractivity contribution < 1.29 is 5.11 Å². The van der Waals surface area contributed by atoms with Crippen molar-refractivity contribution in [2.75, 3.05) is 0 Å². The molecule has 1 aromatic rings. The van der Waals surface area contributed by atoms with Crippen LogP contribution in [0.4, 0.5) is 0 Å². The number of nitrogens with one attached hydrogen (secondary N) is 1. The monoisotopic (exact) mass is 247 g/mol. The van der Waals surface area contributed by atoms with E-state index in [1.54, 1.807) is 0 Å². The van der Waals surface area contributed by atoms with Crippen molar-refractivity contribution in [3.05, 3.63) is 35.4 Å². The Balaban J connectivity index is 1.74. The van der Waals surface area contributed by atoms with Gasteiger partial charge in [-0.05, 0) is 42.7 Å². The molecule has 100 valence electrons. The molecular weight excluding hydrogens is 222 g/mol. The van der Waals surface area contributed by atoms with Gasteiger partial charge in [0.2, 0.25) is 0 Å². The normalized spacial score (nSPS) is 24.1. The van der Waals surface area contributed by atoms with Crippen LogP contribution in [-0.4, -0.2) is 11.1 Å². The Morgan fingerprint density at radius 2 is 1.67 bits per heavy atom. The molecule has 18 heavy (non-hydrogen) atoms. The zero-order valence-electron chi connectivity index (χ0n) is 11.4. The van der Waals surface area contributed by atoms with Crippen molar-refractivity contribution in [3.63, 3.8) is 0 Å². The third-order valence-electron chi connectivity index (χ3n) is 4.22. The summed E-state index contributed by atoms with van der Waals surface area (Å²) in [6, 6.07) is 8.92. The predicted molar refractivity (Wildman–Crippen MR) is 75.2 cm³/mol. The van der Waals surface area contributed by atoms with E-state index in [2.05, 4.69) is 24.4 Å². The van der Waals surface area contributed by atoms with Crippen LogP contribution < -0.4 is 5.32 Å². The van der Waals surface area contributed by atoms with E-state index in [9.17, 15) is 0 Å². The molecule has 2 N–H and O–H groups in total. The minimum atomic E-state index is 0.134. The smallest absolute Gasteiger partial charge is 0.0681 e. The molecule has 0 unspecified atom stereocenters. The zero-order valence-corrected chi connectivity index (χ0v) is 11.4. The number of aliphatic hydroxyl groups is 1. The van der Waals surface area contributed by atoms with Gasteiger partial charge in [-0.15, -0.1) is 0 Å². The Morgan fingerprint density at radius 3 is 2.22 bits per heavy atom. The van der Waals surface area contributed by atoms with Gasteiger partial charge in [-0.2, -0.15) is 0 Å². The van der Waals surface area contributed by atoms with Crippen LogP contribution in [0.15, 0.2) is 24.3 Å². The van der Waals surface area contributed by atoms with Crippen LogP contribution in [-0.2, 0) is 13.2 Å². The van der Waals surface area contributed by atoms with E-state index in [1.807, 2.05) is 12.1 Å². The van der Waals surface area contributed by atoms with Gasteiger partial charge < -0.3 is 10.4 Å². The van der Waals surface area contributed by atoms with Crippen molar-refractivity contribution in [1.29, 1.82) is 0 Å². The number of benzene rings is 1. The maximum absolute atomic E-state index is 8.99. The molecular formula is C16H25NO. The van der Waals surface area contributed by atoms with Crippen molar-refractivity contribution in [2.45, 2.75) is 58.2 Å². The maximum atomic E-state index is 8.99. The average Bonchev–Trinajstić information content (AvgIpc) is 2.46. The molecule has 0 amide bonds. The second-order valence-electron chi connectivity index (χ2n) is 5.48. The van der Waals surface area contributed by atoms with Crippen LogP contribution in [0.3, 0.4) is 0 Å². The van der Waals surface area contributed by atoms with Gasteiger partial charge in [0.1, 0.15) is 0 Å². The van der Waals surface area contributed by atoms with E-state index >= 15 is 0 Å². The minimum absolute atomic E-state index is 0.134. The first-order valence-corrected chi connectivity index (χ1v) is 7.24. The summed E-state index contributed by atoms with van der Waals surface area (Å²) in [5.74, 6) is 0.965. The molecule has 0 heterocycles. The van der Waals surface area contributed by atoms with Crippen molar-refractivity contribution in [1.82, 2.24) is 5.32 Å². The van der Waals surface area contributed by atoms with Crippen LogP contribution in [0, 0.1) is 5.92 Å². The Hall–Kier alpha value is -0.860. The Labute approximate surface area is 110 Å². The van der Waals surface area contributed by atoms with Crippen LogP contribution in [0.25, 0.3) is 0 Å². The Bertz CT molecular complexity index is 339. The summed E-state index contributed by atoms with van der Waals surface area (Å²) in [5, 5.41) is 12.7. The highest BCUT2D eigenvalue weighted by Gasteiger charge is 2.19. The van der Waals surface area contributed by atoms with Gasteiger partial charge in [0.05, 0.1) is 6.61 Å². The molecule has 2 heteroatoms. The molecule has 1 saturated carbocycles. The molecule has 0 aromatic heterocycles. The Morgan fingerprint density at radius 1 is 1.06 bits per heavy atom. The molecule has 1 aliphatic rings. The van der Waals surface area contributed by atoms with Gasteiger partial charge in [0.15, 0.2) is 0 Å². The van der Waals surface area contributed by atoms with Gasteiger partial charge in [-0.25, -0.2) is 0 Å². The number of rotatable bonds is 5. The molecule has 0 spiro atoms. The van der Waals surface area contributed by atoms with Gasteiger partial charge in [-0.3, -0.25) is 0 Å². The molecule has 0 saturated heterocycles. The molecule has 2 rings (SSSR count). The standard InChI is InChI=1S/C16H25NO/c1-2-13-7-9-16(10-8-13)17-11-14-3-5-15(12-18)6-4-14/h3-6,13,16-18H,2,7-12H2,1H3. The molecule has 0 bridgehead atoms. The molecule has 1 aromatic carbocycles. The van der Waals surface area contributed by atoms with Crippen molar-refractivity contribution >= 4 is 0 Å². The van der Waals surface area contributed by atoms with Crippen molar-refractivity contribution in [2.24, 2.45) is 5.92 Å². The van der Waals surface area contributed by atoms with E-state index in [-0.39, 0.29) is 6.61 Å². The van der Waals surface area contributed by atoms with Crippen molar-refractivity contribution in [3.8, 4) is 0 Å². The fraction of sp³-hybridized carbons (Fsp3) is 0.625. The lowest BCUT2D eigenvalue weighted by molar-refractivity contribution is 0.281. The quantitative estimate of drug-likeness (QED) is 0.837. The van der Waals surface area contributed by atoms with E-state index < -0.39 is 0 Å². The summed E-state index contributed by atoms with van der Waals surface area (Å²) in [7, 11) is 0. The maximum Gasteiger partial charge on any atom is 0.0681 e. The predicted octanol–water partition coefficient (Wildman–Crippen LogP) is 3.24. The van der Waals surface area contributed by atoms with E-state index in [0.717, 1.165) is 18.0 Å². The molecule has 0 radical (unpaired) electrons. The highest BCUT2D eigenvalue weighted by Crippen LogP contribution is 2.26. The fourth-order valence-corrected chi connectivity index (χ4v) is 2.80. The van der Waals surface area contributed by atoms with Gasteiger partial charge >= 0.3 is 0 Å². The lowest BCUT2D eigenvalue weighted by Crippen LogP contribution is -2.32. The van der Waals surface area contributed by atoms with Gasteiger partial charge in [0, 0.05) is 12.6 Å². The molecule has 0 atom stereocenters. The number of aliphatic hydroxyl groups excluding tert-OH is 1. The topological polar surface area (TPSA) is 32.3 Å². The highest BCUT2D eigenvalue weighted by molar-refractivity contribution is 5.21. The Kier molecular flexibility index (Phi) is 5.21. The SMILES string of the molecule is CCC1CCC(NCc2ccc(CO)cc2)CC1. The molecule has 1 aliphatic carbocycles. The summed E-state index contributed by atoms with van der Waals surface area (Å²) < 4.78 is 0. The number of hydrogen-bond donors (Lipinski definition) is 2. The van der Waals surface area contributed by atoms with Gasteiger partial charge in [0.25, 0.3) is 0 Å². The van der Waals surface area contributed by atoms with E-state index in [0.29, 0.717) is 6.04 Å². The second-order valence-corrected chi connectivity index (χ2v) is 5.48. The third kappa shape index (κ3) is 3.82. The minimum Gasteiger partial charge on any atom is -0.392 e. The van der Waals surface area contributed by atoms with Crippen LogP contribution in [0.5, 0.6) is 0 Å². The van der Waals surface area contributed by atoms with E-state index in [4.69, 9.17) is 5.11 Å². The van der Waals surface area contributed by atoms with Crippen LogP contribution in [0.2, 0.25) is 0 Å². The summed E-state index contributed by atoms with van der Waals surface area (Å²) in [4.78, 5) is 0. The van der Waals surface area contributed by atoms with Crippen LogP contribution >= 0.6 is 0 Å². The second kappa shape index (κ2) is 6.91. The van der Waals surface area contributed by atoms with Crippen LogP contribution in [0.1, 0.15) is 50.2 Å². The lowest BCUT2D eigenvalue weighted by atomic mass is 9.84. The first-order valence-electron chi connectivity index (χ1n) is 7.24. The number of hydrogen-bond acceptors (Lipinski definition) is 2. The summed E-state index contributed by atoms with van der Waals surface area (Å²) in [6.07, 6.45) is 6.77. The lowest BCUT2D eigenvalue weighted by Gasteiger charge is -2.28.